The minimum Gasteiger partial charge on any atom is -0.399 e. The van der Waals surface area contributed by atoms with Gasteiger partial charge in [0, 0.05) is 17.8 Å². The molecule has 1 saturated carbocycles. The van der Waals surface area contributed by atoms with Gasteiger partial charge in [-0.05, 0) is 77.5 Å². The predicted octanol–water partition coefficient (Wildman–Crippen LogP) is 2.62. The van der Waals surface area contributed by atoms with Crippen molar-refractivity contribution in [2.24, 2.45) is 0 Å². The van der Waals surface area contributed by atoms with E-state index in [1.165, 1.54) is 44.3 Å². The van der Waals surface area contributed by atoms with Gasteiger partial charge < -0.3 is 15.5 Å². The number of aryl methyl sites for hydroxylation is 1. The fourth-order valence-electron chi connectivity index (χ4n) is 3.15. The fraction of sp³-hybridized carbons (Fsp3) is 0.647. The van der Waals surface area contributed by atoms with Crippen molar-refractivity contribution in [3.63, 3.8) is 0 Å². The first kappa shape index (κ1) is 15.3. The van der Waals surface area contributed by atoms with Crippen LogP contribution >= 0.6 is 0 Å². The van der Waals surface area contributed by atoms with E-state index in [-0.39, 0.29) is 0 Å². The lowest BCUT2D eigenvalue weighted by Crippen LogP contribution is -2.56. The predicted molar refractivity (Wildman–Crippen MR) is 86.9 cm³/mol. The van der Waals surface area contributed by atoms with Gasteiger partial charge >= 0.3 is 0 Å². The largest absolute Gasteiger partial charge is 0.399 e. The molecule has 0 aliphatic heterocycles. The van der Waals surface area contributed by atoms with Crippen molar-refractivity contribution in [2.45, 2.75) is 37.6 Å². The zero-order chi connectivity index (χ0) is 14.6. The number of likely N-dealkylation sites (N-methyl/N-ethyl adjacent to an activating group) is 2. The summed E-state index contributed by atoms with van der Waals surface area (Å²) < 4.78 is 0. The minimum atomic E-state index is 0.440. The van der Waals surface area contributed by atoms with Gasteiger partial charge in [-0.15, -0.1) is 0 Å². The number of benzene rings is 1. The molecule has 1 aliphatic rings. The second-order valence-electron chi connectivity index (χ2n) is 6.56. The number of hydrogen-bond acceptors (Lipinski definition) is 3. The van der Waals surface area contributed by atoms with Crippen LogP contribution in [-0.4, -0.2) is 49.6 Å². The Morgan fingerprint density at radius 2 is 1.75 bits per heavy atom. The van der Waals surface area contributed by atoms with Gasteiger partial charge in [0.2, 0.25) is 0 Å². The maximum absolute atomic E-state index is 5.71. The smallest absolute Gasteiger partial charge is 0.0330 e. The molecule has 0 bridgehead atoms. The Labute approximate surface area is 123 Å². The van der Waals surface area contributed by atoms with Gasteiger partial charge in [0.15, 0.2) is 0 Å². The molecule has 0 spiro atoms. The SMILES string of the molecule is CN(CCCc1ccc(N)cc1)CC1(N(C)C)CCC1. The summed E-state index contributed by atoms with van der Waals surface area (Å²) in [5.41, 5.74) is 8.39. The van der Waals surface area contributed by atoms with E-state index < -0.39 is 0 Å². The molecule has 0 saturated heterocycles. The molecule has 0 aromatic heterocycles. The molecule has 0 amide bonds. The number of nitrogens with zero attached hydrogens (tertiary/aromatic N) is 2. The van der Waals surface area contributed by atoms with Crippen LogP contribution in [0.2, 0.25) is 0 Å². The summed E-state index contributed by atoms with van der Waals surface area (Å²) in [4.78, 5) is 4.92. The van der Waals surface area contributed by atoms with Crippen LogP contribution < -0.4 is 5.73 Å². The van der Waals surface area contributed by atoms with Crippen molar-refractivity contribution in [2.75, 3.05) is 40.0 Å². The van der Waals surface area contributed by atoms with Crippen LogP contribution in [0, 0.1) is 0 Å². The summed E-state index contributed by atoms with van der Waals surface area (Å²) in [6.45, 7) is 2.36. The third-order valence-corrected chi connectivity index (χ3v) is 4.78. The summed E-state index contributed by atoms with van der Waals surface area (Å²) in [5, 5.41) is 0. The maximum atomic E-state index is 5.71. The zero-order valence-corrected chi connectivity index (χ0v) is 13.2. The first-order valence-electron chi connectivity index (χ1n) is 7.72. The van der Waals surface area contributed by atoms with Gasteiger partial charge in [0.25, 0.3) is 0 Å². The summed E-state index contributed by atoms with van der Waals surface area (Å²) in [6.07, 6.45) is 6.44. The molecule has 1 aliphatic carbocycles. The molecule has 1 aromatic rings. The topological polar surface area (TPSA) is 32.5 Å². The second kappa shape index (κ2) is 6.59. The van der Waals surface area contributed by atoms with Crippen LogP contribution in [0.3, 0.4) is 0 Å². The van der Waals surface area contributed by atoms with Gasteiger partial charge in [-0.1, -0.05) is 12.1 Å². The van der Waals surface area contributed by atoms with Gasteiger partial charge in [-0.3, -0.25) is 0 Å². The number of anilines is 1. The summed E-state index contributed by atoms with van der Waals surface area (Å²) in [5.74, 6) is 0. The molecular formula is C17H29N3. The van der Waals surface area contributed by atoms with E-state index in [0.29, 0.717) is 5.54 Å². The van der Waals surface area contributed by atoms with Crippen LogP contribution in [-0.2, 0) is 6.42 Å². The molecular weight excluding hydrogens is 246 g/mol. The molecule has 112 valence electrons. The van der Waals surface area contributed by atoms with Gasteiger partial charge in [-0.25, -0.2) is 0 Å². The zero-order valence-electron chi connectivity index (χ0n) is 13.2. The van der Waals surface area contributed by atoms with Crippen LogP contribution in [0.1, 0.15) is 31.2 Å². The quantitative estimate of drug-likeness (QED) is 0.776. The Morgan fingerprint density at radius 1 is 1.10 bits per heavy atom. The number of nitrogen functional groups attached to an aromatic ring is 1. The number of rotatable bonds is 7. The van der Waals surface area contributed by atoms with E-state index in [0.717, 1.165) is 12.1 Å². The highest BCUT2D eigenvalue weighted by Crippen LogP contribution is 2.36. The van der Waals surface area contributed by atoms with Crippen molar-refractivity contribution >= 4 is 5.69 Å². The highest BCUT2D eigenvalue weighted by molar-refractivity contribution is 5.39. The van der Waals surface area contributed by atoms with E-state index in [4.69, 9.17) is 5.73 Å². The van der Waals surface area contributed by atoms with Crippen LogP contribution in [0.25, 0.3) is 0 Å². The Hall–Kier alpha value is -1.06. The third kappa shape index (κ3) is 3.74. The van der Waals surface area contributed by atoms with Gasteiger partial charge in [0.1, 0.15) is 0 Å². The molecule has 3 heteroatoms. The summed E-state index contributed by atoms with van der Waals surface area (Å²) in [7, 11) is 6.70. The normalized spacial score (nSPS) is 17.4. The highest BCUT2D eigenvalue weighted by atomic mass is 15.2. The fourth-order valence-corrected chi connectivity index (χ4v) is 3.15. The Balaban J connectivity index is 1.72. The van der Waals surface area contributed by atoms with Crippen LogP contribution in [0.4, 0.5) is 5.69 Å². The molecule has 1 aromatic carbocycles. The summed E-state index contributed by atoms with van der Waals surface area (Å²) >= 11 is 0. The van der Waals surface area contributed by atoms with E-state index in [1.807, 2.05) is 12.1 Å². The molecule has 1 fully saturated rings. The standard InChI is InChI=1S/C17H29N3/c1-19(2)17(11-5-12-17)14-20(3)13-4-6-15-7-9-16(18)10-8-15/h7-10H,4-6,11-14,18H2,1-3H3. The van der Waals surface area contributed by atoms with E-state index in [9.17, 15) is 0 Å². The highest BCUT2D eigenvalue weighted by Gasteiger charge is 2.39. The molecule has 2 N–H and O–H groups in total. The first-order valence-corrected chi connectivity index (χ1v) is 7.72. The van der Waals surface area contributed by atoms with Crippen LogP contribution in [0.15, 0.2) is 24.3 Å². The van der Waals surface area contributed by atoms with Crippen LogP contribution in [0.5, 0.6) is 0 Å². The lowest BCUT2D eigenvalue weighted by Gasteiger charge is -2.49. The number of hydrogen-bond donors (Lipinski definition) is 1. The molecule has 20 heavy (non-hydrogen) atoms. The van der Waals surface area contributed by atoms with Crippen molar-refractivity contribution in [1.82, 2.24) is 9.80 Å². The minimum absolute atomic E-state index is 0.440. The second-order valence-corrected chi connectivity index (χ2v) is 6.56. The Kier molecular flexibility index (Phi) is 5.06. The third-order valence-electron chi connectivity index (χ3n) is 4.78. The molecule has 0 unspecified atom stereocenters. The molecule has 2 rings (SSSR count). The number of nitrogens with two attached hydrogens (primary N) is 1. The van der Waals surface area contributed by atoms with E-state index >= 15 is 0 Å². The Morgan fingerprint density at radius 3 is 2.25 bits per heavy atom. The lowest BCUT2D eigenvalue weighted by atomic mass is 9.75. The van der Waals surface area contributed by atoms with Crippen molar-refractivity contribution in [1.29, 1.82) is 0 Å². The van der Waals surface area contributed by atoms with E-state index in [1.54, 1.807) is 0 Å². The van der Waals surface area contributed by atoms with Gasteiger partial charge in [0.05, 0.1) is 0 Å². The monoisotopic (exact) mass is 275 g/mol. The Bertz CT molecular complexity index is 407. The molecule has 0 heterocycles. The first-order chi connectivity index (χ1) is 9.52. The molecule has 0 radical (unpaired) electrons. The van der Waals surface area contributed by atoms with Crippen molar-refractivity contribution in [3.8, 4) is 0 Å². The lowest BCUT2D eigenvalue weighted by molar-refractivity contribution is 0.0277. The van der Waals surface area contributed by atoms with E-state index in [2.05, 4.69) is 43.1 Å². The summed E-state index contributed by atoms with van der Waals surface area (Å²) in [6, 6.07) is 8.27. The average molecular weight is 275 g/mol. The average Bonchev–Trinajstić information content (AvgIpc) is 2.36. The van der Waals surface area contributed by atoms with Gasteiger partial charge in [-0.2, -0.15) is 0 Å². The maximum Gasteiger partial charge on any atom is 0.0330 e. The molecule has 0 atom stereocenters. The van der Waals surface area contributed by atoms with Crippen molar-refractivity contribution < 1.29 is 0 Å². The van der Waals surface area contributed by atoms with Crippen molar-refractivity contribution in [3.05, 3.63) is 29.8 Å². The molecule has 3 nitrogen and oxygen atoms in total.